The lowest BCUT2D eigenvalue weighted by atomic mass is 9.79. The van der Waals surface area contributed by atoms with E-state index < -0.39 is 11.6 Å². The molecule has 0 saturated heterocycles. The number of hydrogen-bond acceptors (Lipinski definition) is 2. The third kappa shape index (κ3) is 4.39. The number of hydrogen-bond donors (Lipinski definition) is 0. The molecule has 1 aromatic carbocycles. The van der Waals surface area contributed by atoms with Gasteiger partial charge >= 0.3 is 0 Å². The van der Waals surface area contributed by atoms with Crippen molar-refractivity contribution in [3.63, 3.8) is 0 Å². The van der Waals surface area contributed by atoms with Crippen molar-refractivity contribution in [2.75, 3.05) is 6.61 Å². The topological polar surface area (TPSA) is 18.5 Å². The highest BCUT2D eigenvalue weighted by molar-refractivity contribution is 5.35. The van der Waals surface area contributed by atoms with E-state index >= 15 is 0 Å². The van der Waals surface area contributed by atoms with Crippen molar-refractivity contribution in [3.8, 4) is 11.5 Å². The van der Waals surface area contributed by atoms with Gasteiger partial charge in [0.25, 0.3) is 0 Å². The minimum Gasteiger partial charge on any atom is -0.491 e. The highest BCUT2D eigenvalue weighted by Gasteiger charge is 2.25. The van der Waals surface area contributed by atoms with Crippen LogP contribution in [0.15, 0.2) is 23.3 Å². The van der Waals surface area contributed by atoms with Crippen LogP contribution >= 0.6 is 0 Å². The first-order chi connectivity index (χ1) is 12.6. The normalized spacial score (nSPS) is 23.8. The van der Waals surface area contributed by atoms with Crippen molar-refractivity contribution in [2.45, 2.75) is 77.7 Å². The zero-order valence-corrected chi connectivity index (χ0v) is 16.0. The highest BCUT2D eigenvalue weighted by Crippen LogP contribution is 2.38. The molecule has 144 valence electrons. The first kappa shape index (κ1) is 19.2. The van der Waals surface area contributed by atoms with Gasteiger partial charge < -0.3 is 9.47 Å². The van der Waals surface area contributed by atoms with Gasteiger partial charge in [-0.15, -0.1) is 0 Å². The van der Waals surface area contributed by atoms with E-state index in [2.05, 4.69) is 6.92 Å². The first-order valence-corrected chi connectivity index (χ1v) is 10.1. The standard InChI is InChI=1S/C22H30F2O2/c1-3-15-5-7-16(8-6-15)17-9-11-18(12-10-17)26-20-14-13-19(25-4-2)21(23)22(20)24/h13-15,18H,3-12H2,1-2H3. The molecular formula is C22H30F2O2. The maximum atomic E-state index is 14.2. The van der Waals surface area contributed by atoms with E-state index in [1.54, 1.807) is 18.1 Å². The maximum absolute atomic E-state index is 14.2. The van der Waals surface area contributed by atoms with Crippen LogP contribution in [0.3, 0.4) is 0 Å². The van der Waals surface area contributed by atoms with Gasteiger partial charge in [-0.2, -0.15) is 8.78 Å². The van der Waals surface area contributed by atoms with Crippen LogP contribution in [-0.2, 0) is 0 Å². The second-order valence-corrected chi connectivity index (χ2v) is 7.50. The fourth-order valence-electron chi connectivity index (χ4n) is 4.25. The van der Waals surface area contributed by atoms with Crippen molar-refractivity contribution in [1.82, 2.24) is 0 Å². The summed E-state index contributed by atoms with van der Waals surface area (Å²) in [6, 6.07) is 2.92. The van der Waals surface area contributed by atoms with Crippen molar-refractivity contribution >= 4 is 0 Å². The number of benzene rings is 1. The van der Waals surface area contributed by atoms with Crippen molar-refractivity contribution in [3.05, 3.63) is 34.9 Å². The molecule has 0 N–H and O–H groups in total. The van der Waals surface area contributed by atoms with Crippen LogP contribution in [-0.4, -0.2) is 12.7 Å². The molecule has 0 atom stereocenters. The number of ether oxygens (including phenoxy) is 2. The molecule has 1 aromatic rings. The van der Waals surface area contributed by atoms with E-state index in [-0.39, 0.29) is 17.6 Å². The Kier molecular flexibility index (Phi) is 6.55. The fourth-order valence-corrected chi connectivity index (χ4v) is 4.25. The smallest absolute Gasteiger partial charge is 0.204 e. The number of allylic oxidation sites excluding steroid dienone is 2. The Bertz CT molecular complexity index is 634. The van der Waals surface area contributed by atoms with E-state index in [1.807, 2.05) is 0 Å². The van der Waals surface area contributed by atoms with Crippen LogP contribution in [0.5, 0.6) is 11.5 Å². The predicted molar refractivity (Wildman–Crippen MR) is 99.7 cm³/mol. The van der Waals surface area contributed by atoms with Gasteiger partial charge in [0.1, 0.15) is 0 Å². The molecule has 3 rings (SSSR count). The van der Waals surface area contributed by atoms with Crippen LogP contribution in [0.1, 0.15) is 71.6 Å². The Hall–Kier alpha value is -1.58. The summed E-state index contributed by atoms with van der Waals surface area (Å²) >= 11 is 0. The molecule has 0 spiro atoms. The van der Waals surface area contributed by atoms with Crippen LogP contribution in [0, 0.1) is 17.6 Å². The Labute approximate surface area is 155 Å². The monoisotopic (exact) mass is 364 g/mol. The summed E-state index contributed by atoms with van der Waals surface area (Å²) in [7, 11) is 0. The molecule has 2 fully saturated rings. The molecule has 0 aliphatic heterocycles. The van der Waals surface area contributed by atoms with Gasteiger partial charge in [0, 0.05) is 0 Å². The SMILES string of the molecule is CCOc1ccc(OC2CCC(=C3CCC(CC)CC3)CC2)c(F)c1F. The van der Waals surface area contributed by atoms with Crippen LogP contribution < -0.4 is 9.47 Å². The summed E-state index contributed by atoms with van der Waals surface area (Å²) < 4.78 is 39.0. The molecule has 0 heterocycles. The third-order valence-electron chi connectivity index (χ3n) is 5.93. The molecule has 0 aromatic heterocycles. The van der Waals surface area contributed by atoms with Crippen molar-refractivity contribution in [1.29, 1.82) is 0 Å². The van der Waals surface area contributed by atoms with Crippen LogP contribution in [0.4, 0.5) is 8.78 Å². The molecule has 2 nitrogen and oxygen atoms in total. The molecule has 2 saturated carbocycles. The molecular weight excluding hydrogens is 334 g/mol. The van der Waals surface area contributed by atoms with E-state index in [0.29, 0.717) is 6.61 Å². The van der Waals surface area contributed by atoms with Crippen molar-refractivity contribution < 1.29 is 18.3 Å². The average molecular weight is 364 g/mol. The minimum atomic E-state index is -0.962. The van der Waals surface area contributed by atoms with Gasteiger partial charge in [-0.1, -0.05) is 24.5 Å². The van der Waals surface area contributed by atoms with Crippen molar-refractivity contribution in [2.24, 2.45) is 5.92 Å². The fraction of sp³-hybridized carbons (Fsp3) is 0.636. The molecule has 26 heavy (non-hydrogen) atoms. The van der Waals surface area contributed by atoms with Crippen LogP contribution in [0.25, 0.3) is 0 Å². The summed E-state index contributed by atoms with van der Waals surface area (Å²) in [5, 5.41) is 0. The van der Waals surface area contributed by atoms with E-state index in [4.69, 9.17) is 9.47 Å². The van der Waals surface area contributed by atoms with Crippen LogP contribution in [0.2, 0.25) is 0 Å². The van der Waals surface area contributed by atoms with Gasteiger partial charge in [-0.3, -0.25) is 0 Å². The summed E-state index contributed by atoms with van der Waals surface area (Å²) in [5.41, 5.74) is 3.25. The second kappa shape index (κ2) is 8.88. The Balaban J connectivity index is 1.57. The molecule has 0 bridgehead atoms. The zero-order chi connectivity index (χ0) is 18.5. The summed E-state index contributed by atoms with van der Waals surface area (Å²) in [6.45, 7) is 4.33. The van der Waals surface area contributed by atoms with Gasteiger partial charge in [0.2, 0.25) is 11.6 Å². The summed E-state index contributed by atoms with van der Waals surface area (Å²) in [5.74, 6) is -1.07. The lowest BCUT2D eigenvalue weighted by Crippen LogP contribution is -2.22. The van der Waals surface area contributed by atoms with Gasteiger partial charge in [0.15, 0.2) is 11.5 Å². The average Bonchev–Trinajstić information content (AvgIpc) is 2.68. The Morgan fingerprint density at radius 2 is 1.38 bits per heavy atom. The predicted octanol–water partition coefficient (Wildman–Crippen LogP) is 6.58. The lowest BCUT2D eigenvalue weighted by molar-refractivity contribution is 0.159. The summed E-state index contributed by atoms with van der Waals surface area (Å²) in [6.07, 6.45) is 10.2. The second-order valence-electron chi connectivity index (χ2n) is 7.50. The lowest BCUT2D eigenvalue weighted by Gasteiger charge is -2.30. The zero-order valence-electron chi connectivity index (χ0n) is 16.0. The molecule has 2 aliphatic rings. The summed E-state index contributed by atoms with van der Waals surface area (Å²) in [4.78, 5) is 0. The molecule has 2 aliphatic carbocycles. The quantitative estimate of drug-likeness (QED) is 0.549. The number of halogens is 2. The Morgan fingerprint density at radius 3 is 1.96 bits per heavy atom. The van der Waals surface area contributed by atoms with E-state index in [9.17, 15) is 8.78 Å². The largest absolute Gasteiger partial charge is 0.491 e. The first-order valence-electron chi connectivity index (χ1n) is 10.1. The number of rotatable bonds is 5. The molecule has 0 radical (unpaired) electrons. The van der Waals surface area contributed by atoms with Gasteiger partial charge in [0.05, 0.1) is 12.7 Å². The van der Waals surface area contributed by atoms with E-state index in [0.717, 1.165) is 31.6 Å². The minimum absolute atomic E-state index is 0.00416. The highest BCUT2D eigenvalue weighted by atomic mass is 19.2. The molecule has 0 unspecified atom stereocenters. The van der Waals surface area contributed by atoms with Gasteiger partial charge in [-0.25, -0.2) is 0 Å². The maximum Gasteiger partial charge on any atom is 0.204 e. The molecule has 4 heteroatoms. The molecule has 0 amide bonds. The van der Waals surface area contributed by atoms with Gasteiger partial charge in [-0.05, 0) is 76.3 Å². The Morgan fingerprint density at radius 1 is 0.846 bits per heavy atom. The van der Waals surface area contributed by atoms with E-state index in [1.165, 1.54) is 44.2 Å². The third-order valence-corrected chi connectivity index (χ3v) is 5.93.